The molecule has 10 heteroatoms. The second-order valence-corrected chi connectivity index (χ2v) is 8.28. The number of ketones is 1. The highest BCUT2D eigenvalue weighted by Gasteiger charge is 2.45. The van der Waals surface area contributed by atoms with Gasteiger partial charge in [-0.2, -0.15) is 0 Å². The first kappa shape index (κ1) is 24.5. The topological polar surface area (TPSA) is 115 Å². The lowest BCUT2D eigenvalue weighted by atomic mass is 9.95. The van der Waals surface area contributed by atoms with Crippen LogP contribution >= 0.6 is 0 Å². The van der Waals surface area contributed by atoms with E-state index in [-0.39, 0.29) is 11.1 Å². The third kappa shape index (κ3) is 4.80. The predicted molar refractivity (Wildman–Crippen MR) is 123 cm³/mol. The van der Waals surface area contributed by atoms with E-state index in [4.69, 9.17) is 18.9 Å². The van der Waals surface area contributed by atoms with E-state index in [0.29, 0.717) is 49.1 Å². The van der Waals surface area contributed by atoms with Gasteiger partial charge in [-0.05, 0) is 35.4 Å². The van der Waals surface area contributed by atoms with Crippen LogP contribution in [0.4, 0.5) is 0 Å². The second kappa shape index (κ2) is 10.7. The van der Waals surface area contributed by atoms with Crippen LogP contribution in [0.1, 0.15) is 17.2 Å². The van der Waals surface area contributed by atoms with Crippen LogP contribution in [-0.2, 0) is 14.3 Å². The van der Waals surface area contributed by atoms with Gasteiger partial charge >= 0.3 is 0 Å². The van der Waals surface area contributed by atoms with Crippen LogP contribution in [0.5, 0.6) is 17.2 Å². The summed E-state index contributed by atoms with van der Waals surface area (Å²) >= 11 is 0. The molecule has 0 bridgehead atoms. The molecule has 0 aliphatic carbocycles. The van der Waals surface area contributed by atoms with Crippen LogP contribution in [0.3, 0.4) is 0 Å². The number of likely N-dealkylation sites (tertiary alicyclic amines) is 1. The molecule has 0 radical (unpaired) electrons. The van der Waals surface area contributed by atoms with E-state index < -0.39 is 23.5 Å². The molecule has 1 amide bonds. The largest absolute Gasteiger partial charge is 0.872 e. The SMILES string of the molecule is COc1cc(C2C(=C([O-])c3ccncc3)C(=O)C(=O)N2CC[NH+]2CCOCC2)cc(OC)c1OC. The minimum atomic E-state index is -0.898. The van der Waals surface area contributed by atoms with Crippen molar-refractivity contribution < 1.29 is 38.5 Å². The number of nitrogens with one attached hydrogen (secondary N) is 1. The summed E-state index contributed by atoms with van der Waals surface area (Å²) < 4.78 is 21.8. The summed E-state index contributed by atoms with van der Waals surface area (Å²) in [6, 6.07) is 5.50. The Kier molecular flexibility index (Phi) is 7.52. The van der Waals surface area contributed by atoms with Crippen LogP contribution in [0.15, 0.2) is 42.2 Å². The Morgan fingerprint density at radius 1 is 1.09 bits per heavy atom. The molecule has 186 valence electrons. The van der Waals surface area contributed by atoms with E-state index in [9.17, 15) is 14.7 Å². The Balaban J connectivity index is 1.82. The number of rotatable bonds is 8. The van der Waals surface area contributed by atoms with Crippen molar-refractivity contribution in [3.8, 4) is 17.2 Å². The number of benzene rings is 1. The number of carbonyl (C=O) groups is 2. The zero-order chi connectivity index (χ0) is 24.9. The van der Waals surface area contributed by atoms with Gasteiger partial charge in [-0.25, -0.2) is 0 Å². The monoisotopic (exact) mass is 483 g/mol. The van der Waals surface area contributed by atoms with Crippen LogP contribution < -0.4 is 24.2 Å². The fraction of sp³-hybridized carbons (Fsp3) is 0.400. The first-order valence-electron chi connectivity index (χ1n) is 11.4. The van der Waals surface area contributed by atoms with Crippen molar-refractivity contribution in [1.29, 1.82) is 0 Å². The number of methoxy groups -OCH3 is 3. The van der Waals surface area contributed by atoms with Crippen LogP contribution in [0.25, 0.3) is 5.76 Å². The Morgan fingerprint density at radius 3 is 2.29 bits per heavy atom. The maximum absolute atomic E-state index is 13.5. The number of morpholine rings is 1. The summed E-state index contributed by atoms with van der Waals surface area (Å²) in [5.41, 5.74) is 0.704. The van der Waals surface area contributed by atoms with Crippen molar-refractivity contribution in [2.75, 3.05) is 60.7 Å². The molecule has 0 spiro atoms. The number of pyridine rings is 1. The fourth-order valence-electron chi connectivity index (χ4n) is 4.55. The first-order chi connectivity index (χ1) is 17.0. The normalized spacial score (nSPS) is 20.2. The van der Waals surface area contributed by atoms with Gasteiger partial charge in [0.05, 0.1) is 53.7 Å². The van der Waals surface area contributed by atoms with E-state index in [1.54, 1.807) is 12.1 Å². The number of carbonyl (C=O) groups excluding carboxylic acids is 2. The van der Waals surface area contributed by atoms with Gasteiger partial charge in [0.1, 0.15) is 13.1 Å². The smallest absolute Gasteiger partial charge is 0.295 e. The summed E-state index contributed by atoms with van der Waals surface area (Å²) in [6.07, 6.45) is 2.95. The third-order valence-corrected chi connectivity index (χ3v) is 6.38. The number of hydrogen-bond donors (Lipinski definition) is 1. The van der Waals surface area contributed by atoms with Crippen molar-refractivity contribution in [2.45, 2.75) is 6.04 Å². The van der Waals surface area contributed by atoms with Gasteiger partial charge in [0, 0.05) is 18.0 Å². The minimum Gasteiger partial charge on any atom is -0.872 e. The molecule has 0 saturated carbocycles. The second-order valence-electron chi connectivity index (χ2n) is 8.28. The van der Waals surface area contributed by atoms with Gasteiger partial charge in [0.15, 0.2) is 11.5 Å². The molecule has 2 aliphatic heterocycles. The number of aromatic nitrogens is 1. The lowest BCUT2D eigenvalue weighted by Gasteiger charge is -2.30. The molecule has 1 N–H and O–H groups in total. The highest BCUT2D eigenvalue weighted by Crippen LogP contribution is 2.45. The Hall–Kier alpha value is -3.63. The molecule has 2 aromatic rings. The van der Waals surface area contributed by atoms with Crippen molar-refractivity contribution in [3.05, 3.63) is 53.4 Å². The minimum absolute atomic E-state index is 0.104. The Bertz CT molecular complexity index is 1090. The average molecular weight is 484 g/mol. The summed E-state index contributed by atoms with van der Waals surface area (Å²) in [4.78, 5) is 33.1. The van der Waals surface area contributed by atoms with Gasteiger partial charge < -0.3 is 33.9 Å². The van der Waals surface area contributed by atoms with Crippen molar-refractivity contribution in [2.24, 2.45) is 0 Å². The lowest BCUT2D eigenvalue weighted by molar-refractivity contribution is -0.907. The van der Waals surface area contributed by atoms with Gasteiger partial charge in [-0.3, -0.25) is 14.6 Å². The van der Waals surface area contributed by atoms with Gasteiger partial charge in [0.2, 0.25) is 11.5 Å². The molecule has 1 atom stereocenters. The first-order valence-corrected chi connectivity index (χ1v) is 11.4. The average Bonchev–Trinajstić information content (AvgIpc) is 3.16. The molecule has 1 unspecified atom stereocenters. The number of amides is 1. The van der Waals surface area contributed by atoms with Gasteiger partial charge in [0.25, 0.3) is 5.91 Å². The summed E-state index contributed by atoms with van der Waals surface area (Å²) in [5.74, 6) is -0.908. The summed E-state index contributed by atoms with van der Waals surface area (Å²) in [5, 5.41) is 13.5. The van der Waals surface area contributed by atoms with E-state index in [0.717, 1.165) is 13.1 Å². The zero-order valence-electron chi connectivity index (χ0n) is 20.0. The number of Topliss-reactive ketones (excluding diaryl/α,β-unsaturated/α-hetero) is 1. The summed E-state index contributed by atoms with van der Waals surface area (Å²) in [6.45, 7) is 3.86. The molecule has 4 rings (SSSR count). The Morgan fingerprint density at radius 2 is 1.71 bits per heavy atom. The molecule has 2 fully saturated rings. The van der Waals surface area contributed by atoms with Gasteiger partial charge in [-0.15, -0.1) is 0 Å². The van der Waals surface area contributed by atoms with E-state index in [1.807, 2.05) is 0 Å². The third-order valence-electron chi connectivity index (χ3n) is 6.38. The lowest BCUT2D eigenvalue weighted by Crippen LogP contribution is -3.14. The van der Waals surface area contributed by atoms with Crippen LogP contribution in [0, 0.1) is 0 Å². The molecule has 2 aliphatic rings. The van der Waals surface area contributed by atoms with Crippen LogP contribution in [0.2, 0.25) is 0 Å². The van der Waals surface area contributed by atoms with Gasteiger partial charge in [-0.1, -0.05) is 5.76 Å². The molecule has 1 aromatic heterocycles. The Labute approximate surface area is 203 Å². The van der Waals surface area contributed by atoms with Crippen molar-refractivity contribution >= 4 is 17.4 Å². The maximum Gasteiger partial charge on any atom is 0.295 e. The highest BCUT2D eigenvalue weighted by molar-refractivity contribution is 6.46. The van der Waals surface area contributed by atoms with E-state index in [2.05, 4.69) is 4.98 Å². The quantitative estimate of drug-likeness (QED) is 0.296. The molecule has 10 nitrogen and oxygen atoms in total. The molecule has 1 aromatic carbocycles. The molecule has 35 heavy (non-hydrogen) atoms. The number of ether oxygens (including phenoxy) is 4. The predicted octanol–water partition coefficient (Wildman–Crippen LogP) is -0.753. The number of nitrogens with zero attached hydrogens (tertiary/aromatic N) is 2. The zero-order valence-corrected chi connectivity index (χ0v) is 20.0. The highest BCUT2D eigenvalue weighted by atomic mass is 16.5. The fourth-order valence-corrected chi connectivity index (χ4v) is 4.55. The molecule has 2 saturated heterocycles. The number of quaternary nitrogens is 1. The molecule has 3 heterocycles. The number of hydrogen-bond acceptors (Lipinski definition) is 8. The standard InChI is InChI=1S/C25H29N3O7/c1-32-18-14-17(15-19(33-2)24(18)34-3)21-20(22(29)16-4-6-26-7-5-16)23(30)25(31)28(21)9-8-27-10-12-35-13-11-27/h4-7,14-15,21,29H,8-13H2,1-3H3. The van der Waals surface area contributed by atoms with E-state index in [1.165, 1.54) is 55.7 Å². The molecular weight excluding hydrogens is 454 g/mol. The van der Waals surface area contributed by atoms with E-state index >= 15 is 0 Å². The summed E-state index contributed by atoms with van der Waals surface area (Å²) in [7, 11) is 4.46. The van der Waals surface area contributed by atoms with Crippen LogP contribution in [-0.4, -0.2) is 82.3 Å². The maximum atomic E-state index is 13.5. The van der Waals surface area contributed by atoms with Crippen molar-refractivity contribution in [3.63, 3.8) is 0 Å². The van der Waals surface area contributed by atoms with Crippen molar-refractivity contribution in [1.82, 2.24) is 9.88 Å². The molecular formula is C25H29N3O7.